The number of hydrogen-bond acceptors (Lipinski definition) is 3. The molecular weight excluding hydrogens is 332 g/mol. The zero-order valence-corrected chi connectivity index (χ0v) is 14.6. The Kier molecular flexibility index (Phi) is 5.22. The second kappa shape index (κ2) is 6.75. The zero-order valence-electron chi connectivity index (χ0n) is 13.0. The lowest BCUT2D eigenvalue weighted by atomic mass is 10.1. The molecule has 0 saturated heterocycles. The fourth-order valence-corrected chi connectivity index (χ4v) is 3.05. The Hall–Kier alpha value is -1.14. The summed E-state index contributed by atoms with van der Waals surface area (Å²) in [5.74, 6) is 0. The van der Waals surface area contributed by atoms with Gasteiger partial charge in [0, 0.05) is 30.8 Å². The zero-order chi connectivity index (χ0) is 15.6. The van der Waals surface area contributed by atoms with E-state index in [1.54, 1.807) is 6.20 Å². The molecule has 0 amide bonds. The minimum Gasteiger partial charge on any atom is -0.388 e. The third kappa shape index (κ3) is 3.37. The van der Waals surface area contributed by atoms with Gasteiger partial charge in [0.25, 0.3) is 0 Å². The van der Waals surface area contributed by atoms with Gasteiger partial charge in [-0.1, -0.05) is 6.92 Å². The maximum atomic E-state index is 10.5. The van der Waals surface area contributed by atoms with Crippen LogP contribution in [0.5, 0.6) is 0 Å². The molecule has 0 bridgehead atoms. The van der Waals surface area contributed by atoms with E-state index >= 15 is 0 Å². The van der Waals surface area contributed by atoms with Crippen LogP contribution >= 0.6 is 15.9 Å². The Bertz CT molecular complexity index is 603. The minimum atomic E-state index is -0.569. The van der Waals surface area contributed by atoms with Crippen LogP contribution in [0.25, 0.3) is 0 Å². The van der Waals surface area contributed by atoms with Crippen molar-refractivity contribution >= 4 is 15.9 Å². The first-order valence-corrected chi connectivity index (χ1v) is 8.23. The monoisotopic (exact) mass is 354 g/mol. The molecule has 5 nitrogen and oxygen atoms in total. The summed E-state index contributed by atoms with van der Waals surface area (Å²) in [6.45, 7) is 9.08. The molecule has 116 valence electrons. The van der Waals surface area contributed by atoms with Crippen LogP contribution < -0.4 is 0 Å². The van der Waals surface area contributed by atoms with Gasteiger partial charge in [-0.05, 0) is 43.1 Å². The Labute approximate surface area is 134 Å². The lowest BCUT2D eigenvalue weighted by Crippen LogP contribution is -2.08. The van der Waals surface area contributed by atoms with E-state index in [0.29, 0.717) is 12.5 Å². The third-order valence-electron chi connectivity index (χ3n) is 3.62. The topological polar surface area (TPSA) is 55.9 Å². The molecule has 0 saturated carbocycles. The van der Waals surface area contributed by atoms with Crippen molar-refractivity contribution in [2.24, 2.45) is 0 Å². The number of hydrogen-bond donors (Lipinski definition) is 1. The van der Waals surface area contributed by atoms with Gasteiger partial charge >= 0.3 is 0 Å². The van der Waals surface area contributed by atoms with Crippen LogP contribution in [-0.2, 0) is 19.4 Å². The van der Waals surface area contributed by atoms with Crippen molar-refractivity contribution in [3.8, 4) is 0 Å². The van der Waals surface area contributed by atoms with Crippen molar-refractivity contribution < 1.29 is 5.11 Å². The average Bonchev–Trinajstić information content (AvgIpc) is 3.05. The fraction of sp³-hybridized carbons (Fsp3) is 0.600. The predicted octanol–water partition coefficient (Wildman–Crippen LogP) is 3.28. The lowest BCUT2D eigenvalue weighted by molar-refractivity contribution is 0.175. The highest BCUT2D eigenvalue weighted by Crippen LogP contribution is 2.27. The van der Waals surface area contributed by atoms with Gasteiger partial charge in [-0.15, -0.1) is 0 Å². The Morgan fingerprint density at radius 3 is 2.57 bits per heavy atom. The van der Waals surface area contributed by atoms with Crippen molar-refractivity contribution in [3.05, 3.63) is 33.8 Å². The smallest absolute Gasteiger partial charge is 0.0876 e. The van der Waals surface area contributed by atoms with Gasteiger partial charge in [-0.3, -0.25) is 9.36 Å². The van der Waals surface area contributed by atoms with E-state index in [-0.39, 0.29) is 0 Å². The van der Waals surface area contributed by atoms with Crippen molar-refractivity contribution in [2.45, 2.75) is 59.2 Å². The lowest BCUT2D eigenvalue weighted by Gasteiger charge is -2.11. The molecule has 21 heavy (non-hydrogen) atoms. The highest BCUT2D eigenvalue weighted by atomic mass is 79.9. The predicted molar refractivity (Wildman–Crippen MR) is 86.3 cm³/mol. The van der Waals surface area contributed by atoms with Crippen LogP contribution in [0, 0.1) is 0 Å². The van der Waals surface area contributed by atoms with Gasteiger partial charge < -0.3 is 5.11 Å². The van der Waals surface area contributed by atoms with E-state index < -0.39 is 6.10 Å². The summed E-state index contributed by atoms with van der Waals surface area (Å²) in [7, 11) is 0. The molecule has 0 aliphatic rings. The Morgan fingerprint density at radius 1 is 1.33 bits per heavy atom. The molecule has 2 heterocycles. The van der Waals surface area contributed by atoms with Crippen LogP contribution in [0.3, 0.4) is 0 Å². The normalized spacial score (nSPS) is 13.1. The molecule has 0 radical (unpaired) electrons. The summed E-state index contributed by atoms with van der Waals surface area (Å²) in [6.07, 6.45) is 4.50. The summed E-state index contributed by atoms with van der Waals surface area (Å²) in [6, 6.07) is 0.297. The van der Waals surface area contributed by atoms with Crippen LogP contribution in [0.1, 0.15) is 56.8 Å². The number of aliphatic hydroxyl groups is 1. The summed E-state index contributed by atoms with van der Waals surface area (Å²) in [5.41, 5.74) is 2.92. The molecule has 0 aliphatic carbocycles. The standard InChI is InChI=1S/C15H23BrN4O/c1-5-12-15(16)13(19(6-2)18-12)7-14(21)11-8-17-20(9-11)10(3)4/h8-10,14,21H,5-7H2,1-4H3. The van der Waals surface area contributed by atoms with Gasteiger partial charge in [0.2, 0.25) is 0 Å². The van der Waals surface area contributed by atoms with E-state index in [9.17, 15) is 5.11 Å². The number of aryl methyl sites for hydroxylation is 2. The van der Waals surface area contributed by atoms with Gasteiger partial charge in [0.05, 0.1) is 28.2 Å². The third-order valence-corrected chi connectivity index (χ3v) is 4.53. The van der Waals surface area contributed by atoms with E-state index in [2.05, 4.69) is 53.8 Å². The van der Waals surface area contributed by atoms with Crippen LogP contribution in [0.4, 0.5) is 0 Å². The van der Waals surface area contributed by atoms with Gasteiger partial charge in [0.15, 0.2) is 0 Å². The molecule has 2 rings (SSSR count). The van der Waals surface area contributed by atoms with Crippen LogP contribution in [-0.4, -0.2) is 24.7 Å². The summed E-state index contributed by atoms with van der Waals surface area (Å²) >= 11 is 3.62. The van der Waals surface area contributed by atoms with E-state index in [4.69, 9.17) is 0 Å². The number of nitrogens with zero attached hydrogens (tertiary/aromatic N) is 4. The summed E-state index contributed by atoms with van der Waals surface area (Å²) < 4.78 is 4.84. The maximum Gasteiger partial charge on any atom is 0.0876 e. The highest BCUT2D eigenvalue weighted by molar-refractivity contribution is 9.10. The number of aliphatic hydroxyl groups excluding tert-OH is 1. The van der Waals surface area contributed by atoms with Crippen LogP contribution in [0.15, 0.2) is 16.9 Å². The second-order valence-electron chi connectivity index (χ2n) is 5.44. The van der Waals surface area contributed by atoms with Crippen molar-refractivity contribution in [1.29, 1.82) is 0 Å². The first-order chi connectivity index (χ1) is 9.97. The molecule has 0 aliphatic heterocycles. The van der Waals surface area contributed by atoms with Gasteiger partial charge in [-0.2, -0.15) is 10.2 Å². The average molecular weight is 355 g/mol. The van der Waals surface area contributed by atoms with E-state index in [1.807, 2.05) is 15.6 Å². The fourth-order valence-electron chi connectivity index (χ4n) is 2.32. The molecular formula is C15H23BrN4O. The molecule has 0 spiro atoms. The van der Waals surface area contributed by atoms with Crippen molar-refractivity contribution in [3.63, 3.8) is 0 Å². The van der Waals surface area contributed by atoms with Gasteiger partial charge in [-0.25, -0.2) is 0 Å². The second-order valence-corrected chi connectivity index (χ2v) is 6.24. The van der Waals surface area contributed by atoms with Crippen molar-refractivity contribution in [1.82, 2.24) is 19.6 Å². The minimum absolute atomic E-state index is 0.297. The molecule has 2 aromatic heterocycles. The van der Waals surface area contributed by atoms with E-state index in [1.165, 1.54) is 0 Å². The molecule has 2 aromatic rings. The quantitative estimate of drug-likeness (QED) is 0.865. The van der Waals surface area contributed by atoms with E-state index in [0.717, 1.165) is 34.4 Å². The molecule has 1 N–H and O–H groups in total. The number of halogens is 1. The largest absolute Gasteiger partial charge is 0.388 e. The Balaban J connectivity index is 2.22. The van der Waals surface area contributed by atoms with Crippen LogP contribution in [0.2, 0.25) is 0 Å². The highest BCUT2D eigenvalue weighted by Gasteiger charge is 2.19. The number of aromatic nitrogens is 4. The molecule has 0 fully saturated rings. The summed E-state index contributed by atoms with van der Waals surface area (Å²) in [4.78, 5) is 0. The first-order valence-electron chi connectivity index (χ1n) is 7.44. The SMILES string of the molecule is CCc1nn(CC)c(CC(O)c2cnn(C(C)C)c2)c1Br. The maximum absolute atomic E-state index is 10.5. The molecule has 6 heteroatoms. The van der Waals surface area contributed by atoms with Crippen molar-refractivity contribution in [2.75, 3.05) is 0 Å². The first kappa shape index (κ1) is 16.2. The number of rotatable bonds is 6. The molecule has 1 unspecified atom stereocenters. The summed E-state index contributed by atoms with van der Waals surface area (Å²) in [5, 5.41) is 19.3. The molecule has 0 aromatic carbocycles. The Morgan fingerprint density at radius 2 is 2.05 bits per heavy atom. The van der Waals surface area contributed by atoms with Gasteiger partial charge in [0.1, 0.15) is 0 Å². The molecule has 1 atom stereocenters.